The number of para-hydroxylation sites is 1. The van der Waals surface area contributed by atoms with Gasteiger partial charge in [0.1, 0.15) is 5.75 Å². The summed E-state index contributed by atoms with van der Waals surface area (Å²) in [5.41, 5.74) is 0.673. The average molecular weight is 280 g/mol. The zero-order chi connectivity index (χ0) is 13.9. The number of rotatable bonds is 5. The van der Waals surface area contributed by atoms with Gasteiger partial charge in [0.2, 0.25) is 10.0 Å². The molecule has 0 aliphatic carbocycles. The van der Waals surface area contributed by atoms with Gasteiger partial charge in [-0.05, 0) is 18.6 Å². The maximum Gasteiger partial charge on any atom is 0.237 e. The Balaban J connectivity index is 2.51. The average Bonchev–Trinajstić information content (AvgIpc) is 2.85. The molecule has 1 aromatic heterocycles. The Morgan fingerprint density at radius 2 is 2.05 bits per heavy atom. The molecule has 0 unspecified atom stereocenters. The molecular formula is C13H16N2O3S. The van der Waals surface area contributed by atoms with Crippen molar-refractivity contribution in [1.29, 1.82) is 0 Å². The van der Waals surface area contributed by atoms with Crippen LogP contribution in [0.4, 0.5) is 0 Å². The normalized spacial score (nSPS) is 11.5. The Bertz CT molecular complexity index is 662. The largest absolute Gasteiger partial charge is 0.493 e. The van der Waals surface area contributed by atoms with E-state index in [1.54, 1.807) is 6.07 Å². The van der Waals surface area contributed by atoms with Crippen LogP contribution in [0, 0.1) is 0 Å². The highest BCUT2D eigenvalue weighted by Gasteiger charge is 2.16. The molecule has 19 heavy (non-hydrogen) atoms. The van der Waals surface area contributed by atoms with Crippen LogP contribution in [0.1, 0.15) is 13.3 Å². The first-order valence-electron chi connectivity index (χ1n) is 6.00. The van der Waals surface area contributed by atoms with Crippen LogP contribution in [0.5, 0.6) is 5.75 Å². The lowest BCUT2D eigenvalue weighted by Gasteiger charge is -2.11. The monoisotopic (exact) mass is 280 g/mol. The minimum Gasteiger partial charge on any atom is -0.493 e. The molecule has 0 atom stereocenters. The van der Waals surface area contributed by atoms with Crippen molar-refractivity contribution in [1.82, 2.24) is 8.96 Å². The molecule has 0 aliphatic heterocycles. The highest BCUT2D eigenvalue weighted by Crippen LogP contribution is 2.29. The van der Waals surface area contributed by atoms with Crippen LogP contribution in [0.2, 0.25) is 0 Å². The van der Waals surface area contributed by atoms with Gasteiger partial charge in [-0.1, -0.05) is 19.1 Å². The summed E-state index contributed by atoms with van der Waals surface area (Å²) in [5, 5.41) is 0. The molecular weight excluding hydrogens is 264 g/mol. The summed E-state index contributed by atoms with van der Waals surface area (Å²) in [6.07, 6.45) is 4.93. The van der Waals surface area contributed by atoms with E-state index < -0.39 is 10.0 Å². The fourth-order valence-corrected chi connectivity index (χ4v) is 2.47. The third-order valence-electron chi connectivity index (χ3n) is 2.55. The van der Waals surface area contributed by atoms with E-state index >= 15 is 0 Å². The summed E-state index contributed by atoms with van der Waals surface area (Å²) >= 11 is 0. The second-order valence-corrected chi connectivity index (χ2v) is 6.01. The molecule has 0 spiro atoms. The zero-order valence-corrected chi connectivity index (χ0v) is 11.7. The van der Waals surface area contributed by atoms with Crippen molar-refractivity contribution >= 4 is 10.0 Å². The first-order chi connectivity index (χ1) is 9.04. The maximum atomic E-state index is 11.7. The third kappa shape index (κ3) is 2.96. The van der Waals surface area contributed by atoms with E-state index in [-0.39, 0.29) is 0 Å². The molecule has 0 saturated carbocycles. The van der Waals surface area contributed by atoms with Crippen molar-refractivity contribution in [3.05, 3.63) is 36.7 Å². The quantitative estimate of drug-likeness (QED) is 0.842. The molecule has 1 heterocycles. The smallest absolute Gasteiger partial charge is 0.237 e. The van der Waals surface area contributed by atoms with Crippen molar-refractivity contribution in [2.24, 2.45) is 0 Å². The van der Waals surface area contributed by atoms with Crippen molar-refractivity contribution in [2.75, 3.05) is 12.9 Å². The number of ether oxygens (including phenoxy) is 1. The fraction of sp³-hybridized carbons (Fsp3) is 0.308. The number of imidazole rings is 1. The minimum atomic E-state index is -3.38. The van der Waals surface area contributed by atoms with Crippen LogP contribution in [0.3, 0.4) is 0 Å². The van der Waals surface area contributed by atoms with E-state index in [1.807, 2.05) is 25.1 Å². The molecule has 0 saturated heterocycles. The van der Waals surface area contributed by atoms with Gasteiger partial charge >= 0.3 is 0 Å². The molecule has 5 nitrogen and oxygen atoms in total. The lowest BCUT2D eigenvalue weighted by atomic mass is 10.2. The van der Waals surface area contributed by atoms with Crippen LogP contribution < -0.4 is 4.74 Å². The number of nitrogens with zero attached hydrogens (tertiary/aromatic N) is 2. The second kappa shape index (κ2) is 5.44. The zero-order valence-electron chi connectivity index (χ0n) is 10.9. The topological polar surface area (TPSA) is 61.2 Å². The molecule has 0 aliphatic rings. The van der Waals surface area contributed by atoms with Gasteiger partial charge in [-0.3, -0.25) is 0 Å². The van der Waals surface area contributed by atoms with Crippen LogP contribution in [-0.2, 0) is 10.0 Å². The van der Waals surface area contributed by atoms with Crippen LogP contribution in [0.25, 0.3) is 11.4 Å². The Hall–Kier alpha value is -1.82. The summed E-state index contributed by atoms with van der Waals surface area (Å²) in [5.74, 6) is 1.01. The van der Waals surface area contributed by atoms with Gasteiger partial charge in [0, 0.05) is 12.4 Å². The fourth-order valence-electron chi connectivity index (χ4n) is 1.74. The molecule has 6 heteroatoms. The molecule has 0 N–H and O–H groups in total. The summed E-state index contributed by atoms with van der Waals surface area (Å²) in [6, 6.07) is 7.29. The van der Waals surface area contributed by atoms with Gasteiger partial charge < -0.3 is 4.74 Å². The summed E-state index contributed by atoms with van der Waals surface area (Å²) in [6.45, 7) is 2.59. The lowest BCUT2D eigenvalue weighted by molar-refractivity contribution is 0.318. The van der Waals surface area contributed by atoms with E-state index in [4.69, 9.17) is 4.74 Å². The van der Waals surface area contributed by atoms with Crippen LogP contribution in [-0.4, -0.2) is 30.2 Å². The van der Waals surface area contributed by atoms with E-state index in [2.05, 4.69) is 4.98 Å². The first kappa shape index (κ1) is 13.6. The summed E-state index contributed by atoms with van der Waals surface area (Å²) < 4.78 is 30.2. The van der Waals surface area contributed by atoms with E-state index in [9.17, 15) is 8.42 Å². The number of hydrogen-bond acceptors (Lipinski definition) is 4. The Kier molecular flexibility index (Phi) is 3.90. The second-order valence-electron chi connectivity index (χ2n) is 4.15. The number of aromatic nitrogens is 2. The predicted octanol–water partition coefficient (Wildman–Crippen LogP) is 2.15. The Labute approximate surface area is 112 Å². The van der Waals surface area contributed by atoms with Crippen molar-refractivity contribution in [3.63, 3.8) is 0 Å². The molecule has 0 amide bonds. The first-order valence-corrected chi connectivity index (χ1v) is 7.85. The standard InChI is InChI=1S/C13H16N2O3S/c1-3-10-18-12-7-5-4-6-11(12)13-14-8-9-15(13)19(2,16)17/h4-9H,3,10H2,1-2H3. The third-order valence-corrected chi connectivity index (χ3v) is 3.56. The van der Waals surface area contributed by atoms with Gasteiger partial charge in [-0.15, -0.1) is 0 Å². The van der Waals surface area contributed by atoms with Crippen molar-refractivity contribution in [2.45, 2.75) is 13.3 Å². The molecule has 2 aromatic rings. The van der Waals surface area contributed by atoms with E-state index in [0.717, 1.165) is 16.6 Å². The predicted molar refractivity (Wildman–Crippen MR) is 73.7 cm³/mol. The van der Waals surface area contributed by atoms with Crippen LogP contribution >= 0.6 is 0 Å². The van der Waals surface area contributed by atoms with Gasteiger partial charge in [0.15, 0.2) is 5.82 Å². The lowest BCUT2D eigenvalue weighted by Crippen LogP contribution is -2.11. The van der Waals surface area contributed by atoms with Gasteiger partial charge in [0.25, 0.3) is 0 Å². The SMILES string of the molecule is CCCOc1ccccc1-c1nccn1S(C)(=O)=O. The Morgan fingerprint density at radius 3 is 2.74 bits per heavy atom. The van der Waals surface area contributed by atoms with E-state index in [0.29, 0.717) is 23.7 Å². The molecule has 0 radical (unpaired) electrons. The molecule has 2 rings (SSSR count). The van der Waals surface area contributed by atoms with Crippen LogP contribution in [0.15, 0.2) is 36.7 Å². The minimum absolute atomic E-state index is 0.370. The van der Waals surface area contributed by atoms with Crippen molar-refractivity contribution < 1.29 is 13.2 Å². The van der Waals surface area contributed by atoms with Gasteiger partial charge in [-0.25, -0.2) is 17.4 Å². The highest BCUT2D eigenvalue weighted by molar-refractivity contribution is 7.89. The number of hydrogen-bond donors (Lipinski definition) is 0. The molecule has 1 aromatic carbocycles. The molecule has 102 valence electrons. The van der Waals surface area contributed by atoms with Gasteiger partial charge in [-0.2, -0.15) is 0 Å². The molecule has 0 bridgehead atoms. The summed E-state index contributed by atoms with van der Waals surface area (Å²) in [7, 11) is -3.38. The number of benzene rings is 1. The van der Waals surface area contributed by atoms with E-state index in [1.165, 1.54) is 12.4 Å². The van der Waals surface area contributed by atoms with Gasteiger partial charge in [0.05, 0.1) is 18.4 Å². The summed E-state index contributed by atoms with van der Waals surface area (Å²) in [4.78, 5) is 4.13. The highest BCUT2D eigenvalue weighted by atomic mass is 32.2. The molecule has 0 fully saturated rings. The Morgan fingerprint density at radius 1 is 1.32 bits per heavy atom. The maximum absolute atomic E-state index is 11.7. The van der Waals surface area contributed by atoms with Crippen molar-refractivity contribution in [3.8, 4) is 17.1 Å².